The summed E-state index contributed by atoms with van der Waals surface area (Å²) in [5.74, 6) is -0.802. The van der Waals surface area contributed by atoms with E-state index in [9.17, 15) is 9.18 Å². The van der Waals surface area contributed by atoms with Crippen molar-refractivity contribution in [3.8, 4) is 0 Å². The Morgan fingerprint density at radius 1 is 1.30 bits per heavy atom. The second kappa shape index (κ2) is 7.58. The lowest BCUT2D eigenvalue weighted by Gasteiger charge is -2.25. The Morgan fingerprint density at radius 2 is 2.11 bits per heavy atom. The molecule has 27 heavy (non-hydrogen) atoms. The summed E-state index contributed by atoms with van der Waals surface area (Å²) in [6.07, 6.45) is 0.380. The van der Waals surface area contributed by atoms with Crippen LogP contribution in [-0.2, 0) is 15.9 Å². The average molecular weight is 387 g/mol. The zero-order chi connectivity index (χ0) is 18.8. The highest BCUT2D eigenvalue weighted by molar-refractivity contribution is 7.22. The molecule has 0 radical (unpaired) electrons. The molecular formula is C19H18FN3O3S. The van der Waals surface area contributed by atoms with E-state index in [2.05, 4.69) is 9.88 Å². The third-order valence-electron chi connectivity index (χ3n) is 4.38. The van der Waals surface area contributed by atoms with Crippen LogP contribution in [0.3, 0.4) is 0 Å². The minimum absolute atomic E-state index is 0.231. The quantitative estimate of drug-likeness (QED) is 0.641. The first-order chi connectivity index (χ1) is 13.1. The number of fused-ring (bicyclic) bond motifs is 1. The van der Waals surface area contributed by atoms with Crippen LogP contribution in [0, 0.1) is 5.82 Å². The van der Waals surface area contributed by atoms with Gasteiger partial charge in [-0.2, -0.15) is 0 Å². The molecule has 0 amide bonds. The molecule has 6 nitrogen and oxygen atoms in total. The predicted octanol–water partition coefficient (Wildman–Crippen LogP) is 3.04. The number of anilines is 1. The molecule has 0 spiro atoms. The van der Waals surface area contributed by atoms with Gasteiger partial charge in [0.05, 0.1) is 30.5 Å². The Labute approximate surface area is 159 Å². The number of rotatable bonds is 4. The van der Waals surface area contributed by atoms with Gasteiger partial charge < -0.3 is 14.4 Å². The van der Waals surface area contributed by atoms with E-state index in [1.54, 1.807) is 18.2 Å². The van der Waals surface area contributed by atoms with Crippen molar-refractivity contribution in [2.75, 3.05) is 38.3 Å². The molecule has 8 heteroatoms. The summed E-state index contributed by atoms with van der Waals surface area (Å²) in [7, 11) is 1.31. The normalized spacial score (nSPS) is 14.5. The third kappa shape index (κ3) is 3.77. The Kier molecular flexibility index (Phi) is 5.00. The maximum atomic E-state index is 14.2. The van der Waals surface area contributed by atoms with Crippen molar-refractivity contribution in [2.24, 2.45) is 0 Å². The first-order valence-electron chi connectivity index (χ1n) is 8.60. The summed E-state index contributed by atoms with van der Waals surface area (Å²) >= 11 is 1.48. The Balaban J connectivity index is 1.69. The number of nitrogens with zero attached hydrogens (tertiary/aromatic N) is 3. The van der Waals surface area contributed by atoms with Gasteiger partial charge in [0.25, 0.3) is 0 Å². The molecule has 1 saturated heterocycles. The van der Waals surface area contributed by atoms with Gasteiger partial charge in [0, 0.05) is 25.2 Å². The summed E-state index contributed by atoms with van der Waals surface area (Å²) in [5, 5.41) is 0.872. The molecule has 3 heterocycles. The number of hydrogen-bond acceptors (Lipinski definition) is 7. The highest BCUT2D eigenvalue weighted by Crippen LogP contribution is 2.32. The summed E-state index contributed by atoms with van der Waals surface area (Å²) in [5.41, 5.74) is 2.41. The number of hydrogen-bond donors (Lipinski definition) is 0. The molecule has 0 unspecified atom stereocenters. The van der Waals surface area contributed by atoms with Crippen LogP contribution in [0.5, 0.6) is 0 Å². The molecule has 2 aromatic heterocycles. The van der Waals surface area contributed by atoms with Crippen LogP contribution in [0.25, 0.3) is 10.2 Å². The SMILES string of the molecule is COC(=O)c1cccc(Cc2cc(F)cc3sc(N4CCOCC4)nc23)n1. The summed E-state index contributed by atoms with van der Waals surface area (Å²) < 4.78 is 25.1. The number of methoxy groups -OCH3 is 1. The fourth-order valence-corrected chi connectivity index (χ4v) is 4.16. The van der Waals surface area contributed by atoms with Crippen molar-refractivity contribution in [3.63, 3.8) is 0 Å². The van der Waals surface area contributed by atoms with Crippen LogP contribution in [0.2, 0.25) is 0 Å². The van der Waals surface area contributed by atoms with E-state index in [0.717, 1.165) is 34.0 Å². The highest BCUT2D eigenvalue weighted by Gasteiger charge is 2.18. The van der Waals surface area contributed by atoms with Gasteiger partial charge in [0.2, 0.25) is 0 Å². The van der Waals surface area contributed by atoms with Crippen LogP contribution in [-0.4, -0.2) is 49.4 Å². The number of pyridine rings is 1. The summed E-state index contributed by atoms with van der Waals surface area (Å²) in [6, 6.07) is 8.13. The molecule has 0 N–H and O–H groups in total. The summed E-state index contributed by atoms with van der Waals surface area (Å²) in [4.78, 5) is 22.9. The first kappa shape index (κ1) is 17.8. The van der Waals surface area contributed by atoms with Gasteiger partial charge in [-0.15, -0.1) is 0 Å². The lowest BCUT2D eigenvalue weighted by atomic mass is 10.1. The minimum Gasteiger partial charge on any atom is -0.464 e. The highest BCUT2D eigenvalue weighted by atomic mass is 32.1. The predicted molar refractivity (Wildman–Crippen MR) is 101 cm³/mol. The van der Waals surface area contributed by atoms with Crippen LogP contribution >= 0.6 is 11.3 Å². The molecule has 3 aromatic rings. The van der Waals surface area contributed by atoms with Crippen LogP contribution < -0.4 is 4.90 Å². The molecule has 4 rings (SSSR count). The molecular weight excluding hydrogens is 369 g/mol. The topological polar surface area (TPSA) is 64.5 Å². The second-order valence-corrected chi connectivity index (χ2v) is 7.20. The van der Waals surface area contributed by atoms with Crippen molar-refractivity contribution in [3.05, 3.63) is 53.1 Å². The third-order valence-corrected chi connectivity index (χ3v) is 5.44. The lowest BCUT2D eigenvalue weighted by molar-refractivity contribution is 0.0593. The maximum absolute atomic E-state index is 14.2. The number of morpholine rings is 1. The van der Waals surface area contributed by atoms with Gasteiger partial charge in [0.1, 0.15) is 11.5 Å². The molecule has 140 valence electrons. The number of carbonyl (C=O) groups is 1. The van der Waals surface area contributed by atoms with Crippen molar-refractivity contribution in [2.45, 2.75) is 6.42 Å². The van der Waals surface area contributed by atoms with Crippen LogP contribution in [0.15, 0.2) is 30.3 Å². The van der Waals surface area contributed by atoms with Gasteiger partial charge >= 0.3 is 5.97 Å². The Hall–Kier alpha value is -2.58. The lowest BCUT2D eigenvalue weighted by Crippen LogP contribution is -2.36. The maximum Gasteiger partial charge on any atom is 0.356 e. The smallest absolute Gasteiger partial charge is 0.356 e. The molecule has 1 aliphatic rings. The van der Waals surface area contributed by atoms with Crippen LogP contribution in [0.4, 0.5) is 9.52 Å². The zero-order valence-corrected chi connectivity index (χ0v) is 15.6. The molecule has 0 aliphatic carbocycles. The van der Waals surface area contributed by atoms with Gasteiger partial charge in [-0.25, -0.2) is 19.2 Å². The van der Waals surface area contributed by atoms with E-state index in [0.29, 0.717) is 25.3 Å². The Morgan fingerprint density at radius 3 is 2.89 bits per heavy atom. The number of ether oxygens (including phenoxy) is 2. The molecule has 1 aromatic carbocycles. The number of benzene rings is 1. The first-order valence-corrected chi connectivity index (χ1v) is 9.41. The number of aromatic nitrogens is 2. The zero-order valence-electron chi connectivity index (χ0n) is 14.8. The van der Waals surface area contributed by atoms with Gasteiger partial charge in [-0.05, 0) is 29.8 Å². The minimum atomic E-state index is -0.496. The second-order valence-electron chi connectivity index (χ2n) is 6.19. The Bertz CT molecular complexity index is 985. The van der Waals surface area contributed by atoms with E-state index in [1.807, 2.05) is 0 Å². The van der Waals surface area contributed by atoms with Crippen molar-refractivity contribution < 1.29 is 18.7 Å². The van der Waals surface area contributed by atoms with E-state index in [-0.39, 0.29) is 11.5 Å². The van der Waals surface area contributed by atoms with E-state index in [4.69, 9.17) is 14.5 Å². The standard InChI is InChI=1S/C19H18FN3O3S/c1-25-18(24)15-4-2-3-14(21-15)10-12-9-13(20)11-16-17(12)22-19(27-16)23-5-7-26-8-6-23/h2-4,9,11H,5-8,10H2,1H3. The van der Waals surface area contributed by atoms with E-state index in [1.165, 1.54) is 30.6 Å². The number of carbonyl (C=O) groups excluding carboxylic acids is 1. The van der Waals surface area contributed by atoms with Gasteiger partial charge in [-0.1, -0.05) is 17.4 Å². The van der Waals surface area contributed by atoms with Crippen molar-refractivity contribution in [1.82, 2.24) is 9.97 Å². The molecule has 0 saturated carbocycles. The van der Waals surface area contributed by atoms with Crippen LogP contribution in [0.1, 0.15) is 21.7 Å². The number of esters is 1. The van der Waals surface area contributed by atoms with Crippen molar-refractivity contribution in [1.29, 1.82) is 0 Å². The molecule has 1 aliphatic heterocycles. The molecule has 0 atom stereocenters. The monoisotopic (exact) mass is 387 g/mol. The fraction of sp³-hybridized carbons (Fsp3) is 0.316. The van der Waals surface area contributed by atoms with Gasteiger partial charge in [-0.3, -0.25) is 0 Å². The molecule has 0 bridgehead atoms. The number of halogens is 1. The largest absolute Gasteiger partial charge is 0.464 e. The molecule has 1 fully saturated rings. The average Bonchev–Trinajstić information content (AvgIpc) is 3.12. The summed E-state index contributed by atoms with van der Waals surface area (Å²) in [6.45, 7) is 2.89. The van der Waals surface area contributed by atoms with Crippen molar-refractivity contribution >= 4 is 32.7 Å². The van der Waals surface area contributed by atoms with E-state index >= 15 is 0 Å². The van der Waals surface area contributed by atoms with Gasteiger partial charge in [0.15, 0.2) is 5.13 Å². The fourth-order valence-electron chi connectivity index (χ4n) is 3.07. The number of thiazole rings is 1. The van der Waals surface area contributed by atoms with E-state index < -0.39 is 5.97 Å².